The topological polar surface area (TPSA) is 74.2 Å². The van der Waals surface area contributed by atoms with E-state index in [0.29, 0.717) is 5.56 Å². The highest BCUT2D eigenvalue weighted by Gasteiger charge is 2.61. The largest absolute Gasteiger partial charge is 0.459 e. The second-order valence-electron chi connectivity index (χ2n) is 6.35. The normalized spacial score (nSPS) is 35.1. The molecule has 1 N–H and O–H groups in total. The van der Waals surface area contributed by atoms with Crippen molar-refractivity contribution < 1.29 is 28.8 Å². The lowest BCUT2D eigenvalue weighted by Gasteiger charge is -2.29. The van der Waals surface area contributed by atoms with Gasteiger partial charge in [0.05, 0.1) is 5.56 Å². The molecule has 0 amide bonds. The predicted molar refractivity (Wildman–Crippen MR) is 88.8 cm³/mol. The maximum Gasteiger partial charge on any atom is 0.339 e. The number of fused-ring (bicyclic) bond motifs is 1. The summed E-state index contributed by atoms with van der Waals surface area (Å²) < 4.78 is 23.1. The Morgan fingerprint density at radius 2 is 2.00 bits per heavy atom. The first-order chi connectivity index (χ1) is 10.7. The highest BCUT2D eigenvalue weighted by atomic mass is 127. The van der Waals surface area contributed by atoms with Crippen molar-refractivity contribution in [3.63, 3.8) is 0 Å². The fourth-order valence-corrected chi connectivity index (χ4v) is 3.38. The molecule has 2 heterocycles. The number of esters is 1. The lowest BCUT2D eigenvalue weighted by atomic mass is 9.95. The highest BCUT2D eigenvalue weighted by Crippen LogP contribution is 2.42. The number of carbonyl (C=O) groups is 1. The van der Waals surface area contributed by atoms with Gasteiger partial charge in [0, 0.05) is 3.57 Å². The molecule has 2 aliphatic heterocycles. The lowest BCUT2D eigenvalue weighted by Crippen LogP contribution is -2.48. The zero-order valence-electron chi connectivity index (χ0n) is 13.1. The van der Waals surface area contributed by atoms with Gasteiger partial charge in [-0.15, -0.1) is 0 Å². The number of carbonyl (C=O) groups excluding carboxylic acids is 1. The Labute approximate surface area is 148 Å². The number of halogens is 1. The van der Waals surface area contributed by atoms with E-state index in [9.17, 15) is 9.90 Å². The molecule has 0 radical (unpaired) electrons. The molecule has 126 valence electrons. The molecule has 2 aliphatic rings. The number of rotatable bonds is 3. The Morgan fingerprint density at radius 1 is 1.30 bits per heavy atom. The third-order valence-electron chi connectivity index (χ3n) is 4.04. The van der Waals surface area contributed by atoms with E-state index in [4.69, 9.17) is 18.9 Å². The van der Waals surface area contributed by atoms with Crippen LogP contribution < -0.4 is 0 Å². The maximum atomic E-state index is 12.2. The Bertz CT molecular complexity index is 614. The zero-order valence-corrected chi connectivity index (χ0v) is 15.3. The molecule has 1 unspecified atom stereocenters. The Morgan fingerprint density at radius 3 is 2.65 bits per heavy atom. The van der Waals surface area contributed by atoms with Crippen LogP contribution in [0.4, 0.5) is 0 Å². The van der Waals surface area contributed by atoms with Crippen LogP contribution in [0.2, 0.25) is 0 Å². The summed E-state index contributed by atoms with van der Waals surface area (Å²) in [4.78, 5) is 12.2. The van der Waals surface area contributed by atoms with Crippen molar-refractivity contribution in [1.29, 1.82) is 0 Å². The van der Waals surface area contributed by atoms with E-state index in [-0.39, 0.29) is 6.61 Å². The van der Waals surface area contributed by atoms with Crippen molar-refractivity contribution in [1.82, 2.24) is 0 Å². The van der Waals surface area contributed by atoms with Crippen molar-refractivity contribution >= 4 is 28.6 Å². The lowest BCUT2D eigenvalue weighted by molar-refractivity contribution is -0.230. The van der Waals surface area contributed by atoms with Crippen LogP contribution in [0.1, 0.15) is 31.1 Å². The van der Waals surface area contributed by atoms with E-state index < -0.39 is 35.9 Å². The molecule has 7 heteroatoms. The van der Waals surface area contributed by atoms with Crippen LogP contribution in [0, 0.1) is 3.57 Å². The van der Waals surface area contributed by atoms with Gasteiger partial charge in [-0.1, -0.05) is 12.1 Å². The SMILES string of the molecule is CC1(C)O[C@H]2O[C@@H](COC(=O)c3ccccc3I)C(C)(O)[C@H]2O1. The summed E-state index contributed by atoms with van der Waals surface area (Å²) in [6.45, 7) is 5.05. The van der Waals surface area contributed by atoms with Crippen molar-refractivity contribution in [2.45, 2.75) is 50.7 Å². The Balaban J connectivity index is 1.64. The van der Waals surface area contributed by atoms with E-state index in [1.165, 1.54) is 0 Å². The minimum absolute atomic E-state index is 0.0725. The van der Waals surface area contributed by atoms with Gasteiger partial charge in [0.15, 0.2) is 12.1 Å². The number of benzene rings is 1. The van der Waals surface area contributed by atoms with Crippen LogP contribution in [-0.4, -0.2) is 47.6 Å². The van der Waals surface area contributed by atoms with Gasteiger partial charge >= 0.3 is 5.97 Å². The van der Waals surface area contributed by atoms with Gasteiger partial charge in [0.25, 0.3) is 0 Å². The van der Waals surface area contributed by atoms with Gasteiger partial charge < -0.3 is 24.1 Å². The minimum Gasteiger partial charge on any atom is -0.459 e. The van der Waals surface area contributed by atoms with E-state index in [1.807, 2.05) is 12.1 Å². The molecule has 1 aromatic carbocycles. The first-order valence-electron chi connectivity index (χ1n) is 7.36. The van der Waals surface area contributed by atoms with E-state index >= 15 is 0 Å². The van der Waals surface area contributed by atoms with Gasteiger partial charge in [-0.2, -0.15) is 0 Å². The van der Waals surface area contributed by atoms with Crippen molar-refractivity contribution in [2.24, 2.45) is 0 Å². The molecule has 2 fully saturated rings. The summed E-state index contributed by atoms with van der Waals surface area (Å²) in [7, 11) is 0. The fourth-order valence-electron chi connectivity index (χ4n) is 2.77. The van der Waals surface area contributed by atoms with Crippen LogP contribution >= 0.6 is 22.6 Å². The van der Waals surface area contributed by atoms with E-state index in [0.717, 1.165) is 3.57 Å². The molecular formula is C16H19IO6. The molecule has 23 heavy (non-hydrogen) atoms. The molecule has 0 saturated carbocycles. The van der Waals surface area contributed by atoms with Gasteiger partial charge in [-0.05, 0) is 55.5 Å². The molecule has 3 rings (SSSR count). The number of hydrogen-bond donors (Lipinski definition) is 1. The van der Waals surface area contributed by atoms with Crippen LogP contribution in [0.3, 0.4) is 0 Å². The second-order valence-corrected chi connectivity index (χ2v) is 7.52. The minimum atomic E-state index is -1.30. The molecule has 0 spiro atoms. The fraction of sp³-hybridized carbons (Fsp3) is 0.562. The summed E-state index contributed by atoms with van der Waals surface area (Å²) in [6, 6.07) is 7.14. The van der Waals surface area contributed by atoms with Crippen LogP contribution in [0.15, 0.2) is 24.3 Å². The first kappa shape index (κ1) is 17.1. The molecular weight excluding hydrogens is 415 g/mol. The van der Waals surface area contributed by atoms with Crippen LogP contribution in [-0.2, 0) is 18.9 Å². The average Bonchev–Trinajstić information content (AvgIpc) is 2.89. The first-order valence-corrected chi connectivity index (χ1v) is 8.44. The number of aliphatic hydroxyl groups is 1. The smallest absolute Gasteiger partial charge is 0.339 e. The molecule has 0 bridgehead atoms. The summed E-state index contributed by atoms with van der Waals surface area (Å²) in [5, 5.41) is 10.7. The molecule has 2 saturated heterocycles. The molecule has 1 aromatic rings. The summed E-state index contributed by atoms with van der Waals surface area (Å²) in [5.41, 5.74) is -0.817. The third kappa shape index (κ3) is 3.25. The zero-order chi connectivity index (χ0) is 16.8. The van der Waals surface area contributed by atoms with Crippen molar-refractivity contribution in [3.05, 3.63) is 33.4 Å². The predicted octanol–water partition coefficient (Wildman–Crippen LogP) is 2.08. The van der Waals surface area contributed by atoms with Crippen LogP contribution in [0.5, 0.6) is 0 Å². The summed E-state index contributed by atoms with van der Waals surface area (Å²) in [5.74, 6) is -1.25. The van der Waals surface area contributed by atoms with Crippen molar-refractivity contribution in [2.75, 3.05) is 6.61 Å². The van der Waals surface area contributed by atoms with E-state index in [2.05, 4.69) is 22.6 Å². The Hall–Kier alpha value is -0.740. The number of ether oxygens (including phenoxy) is 4. The third-order valence-corrected chi connectivity index (χ3v) is 4.98. The van der Waals surface area contributed by atoms with Gasteiger partial charge in [0.1, 0.15) is 24.4 Å². The molecule has 0 aromatic heterocycles. The standard InChI is InChI=1S/C16H19IO6/c1-15(2)22-12-14(23-15)21-11(16(12,3)19)8-20-13(18)9-6-4-5-7-10(9)17/h4-7,11-12,14,19H,8H2,1-3H3/t11-,12-,14+,16?/m0/s1. The highest BCUT2D eigenvalue weighted by molar-refractivity contribution is 14.1. The molecule has 0 aliphatic carbocycles. The van der Waals surface area contributed by atoms with Crippen LogP contribution in [0.25, 0.3) is 0 Å². The summed E-state index contributed by atoms with van der Waals surface area (Å²) >= 11 is 2.07. The van der Waals surface area contributed by atoms with E-state index in [1.54, 1.807) is 32.9 Å². The average molecular weight is 434 g/mol. The van der Waals surface area contributed by atoms with Gasteiger partial charge in [-0.25, -0.2) is 4.79 Å². The number of hydrogen-bond acceptors (Lipinski definition) is 6. The van der Waals surface area contributed by atoms with Crippen molar-refractivity contribution in [3.8, 4) is 0 Å². The second kappa shape index (κ2) is 5.96. The Kier molecular flexibility index (Phi) is 4.43. The van der Waals surface area contributed by atoms with Gasteiger partial charge in [0.2, 0.25) is 0 Å². The monoisotopic (exact) mass is 434 g/mol. The summed E-state index contributed by atoms with van der Waals surface area (Å²) in [6.07, 6.45) is -1.99. The molecule has 4 atom stereocenters. The van der Waals surface area contributed by atoms with Gasteiger partial charge in [-0.3, -0.25) is 0 Å². The quantitative estimate of drug-likeness (QED) is 0.580. The molecule has 6 nitrogen and oxygen atoms in total. The maximum absolute atomic E-state index is 12.2.